The van der Waals surface area contributed by atoms with Gasteiger partial charge in [-0.05, 0) is 52.5 Å². The van der Waals surface area contributed by atoms with Crippen molar-refractivity contribution in [3.05, 3.63) is 27.7 Å². The van der Waals surface area contributed by atoms with Crippen molar-refractivity contribution >= 4 is 21.9 Å². The summed E-state index contributed by atoms with van der Waals surface area (Å²) in [4.78, 5) is 10.7. The molecule has 0 aliphatic heterocycles. The average molecular weight is 273 g/mol. The van der Waals surface area contributed by atoms with Gasteiger partial charge >= 0.3 is 5.97 Å². The lowest BCUT2D eigenvalue weighted by atomic mass is 9.97. The fourth-order valence-corrected chi connectivity index (χ4v) is 1.80. The third-order valence-electron chi connectivity index (χ3n) is 2.35. The maximum absolute atomic E-state index is 10.7. The first-order chi connectivity index (χ1) is 6.91. The summed E-state index contributed by atoms with van der Waals surface area (Å²) in [5.41, 5.74) is 1.85. The number of aliphatic carboxylic acids is 1. The van der Waals surface area contributed by atoms with Gasteiger partial charge in [0.1, 0.15) is 5.75 Å². The Hall–Kier alpha value is -1.03. The van der Waals surface area contributed by atoms with Crippen LogP contribution in [0.25, 0.3) is 0 Å². The van der Waals surface area contributed by atoms with Crippen molar-refractivity contribution < 1.29 is 15.0 Å². The Morgan fingerprint density at radius 2 is 2.13 bits per heavy atom. The van der Waals surface area contributed by atoms with E-state index in [-0.39, 0.29) is 5.75 Å². The summed E-state index contributed by atoms with van der Waals surface area (Å²) in [5, 5.41) is 18.3. The first kappa shape index (κ1) is 12.0. The van der Waals surface area contributed by atoms with Gasteiger partial charge < -0.3 is 10.2 Å². The zero-order chi connectivity index (χ0) is 11.6. The normalized spacial score (nSPS) is 12.5. The number of hydrogen-bond donors (Lipinski definition) is 2. The molecule has 15 heavy (non-hydrogen) atoms. The minimum Gasteiger partial charge on any atom is -0.507 e. The van der Waals surface area contributed by atoms with Crippen LogP contribution in [0.4, 0.5) is 0 Å². The summed E-state index contributed by atoms with van der Waals surface area (Å²) in [6, 6.07) is 3.40. The first-order valence-corrected chi connectivity index (χ1v) is 5.42. The maximum atomic E-state index is 10.7. The van der Waals surface area contributed by atoms with Crippen LogP contribution in [-0.2, 0) is 11.2 Å². The Balaban J connectivity index is 2.95. The quantitative estimate of drug-likeness (QED) is 0.890. The van der Waals surface area contributed by atoms with Gasteiger partial charge in [0, 0.05) is 0 Å². The molecule has 1 atom stereocenters. The fraction of sp³-hybridized carbons (Fsp3) is 0.364. The topological polar surface area (TPSA) is 57.5 Å². The maximum Gasteiger partial charge on any atom is 0.306 e. The molecule has 3 nitrogen and oxygen atoms in total. The van der Waals surface area contributed by atoms with Crippen LogP contribution in [0.1, 0.15) is 18.1 Å². The van der Waals surface area contributed by atoms with Crippen molar-refractivity contribution in [1.82, 2.24) is 0 Å². The van der Waals surface area contributed by atoms with Crippen LogP contribution in [0.15, 0.2) is 16.6 Å². The summed E-state index contributed by atoms with van der Waals surface area (Å²) >= 11 is 3.21. The van der Waals surface area contributed by atoms with Crippen LogP contribution in [0, 0.1) is 12.8 Å². The molecule has 4 heteroatoms. The Labute approximate surface area is 96.9 Å². The van der Waals surface area contributed by atoms with Gasteiger partial charge in [-0.25, -0.2) is 0 Å². The molecule has 1 aromatic rings. The van der Waals surface area contributed by atoms with Gasteiger partial charge in [-0.15, -0.1) is 0 Å². The molecule has 0 saturated heterocycles. The predicted molar refractivity (Wildman–Crippen MR) is 61.0 cm³/mol. The average Bonchev–Trinajstić information content (AvgIpc) is 2.13. The SMILES string of the molecule is Cc1cc(Br)c(O)cc1CC(C)C(=O)O. The lowest BCUT2D eigenvalue weighted by Crippen LogP contribution is -2.12. The highest BCUT2D eigenvalue weighted by atomic mass is 79.9. The number of phenolic OH excluding ortho intramolecular Hbond substituents is 1. The molecule has 0 aromatic heterocycles. The van der Waals surface area contributed by atoms with Crippen molar-refractivity contribution in [2.45, 2.75) is 20.3 Å². The number of aromatic hydroxyl groups is 1. The van der Waals surface area contributed by atoms with Gasteiger partial charge in [-0.1, -0.05) is 6.92 Å². The molecule has 0 saturated carbocycles. The molecule has 2 N–H and O–H groups in total. The van der Waals surface area contributed by atoms with E-state index >= 15 is 0 Å². The summed E-state index contributed by atoms with van der Waals surface area (Å²) in [5.74, 6) is -1.12. The molecule has 1 aromatic carbocycles. The standard InChI is InChI=1S/C11H13BrO3/c1-6-4-9(12)10(13)5-8(6)3-7(2)11(14)15/h4-5,7,13H,3H2,1-2H3,(H,14,15). The van der Waals surface area contributed by atoms with Gasteiger partial charge in [0.15, 0.2) is 0 Å². The number of carboxylic acid groups (broad SMARTS) is 1. The van der Waals surface area contributed by atoms with Crippen LogP contribution < -0.4 is 0 Å². The van der Waals surface area contributed by atoms with Gasteiger partial charge in [-0.3, -0.25) is 4.79 Å². The number of aryl methyl sites for hydroxylation is 1. The van der Waals surface area contributed by atoms with Crippen LogP contribution in [0.5, 0.6) is 5.75 Å². The second kappa shape index (κ2) is 4.66. The van der Waals surface area contributed by atoms with E-state index in [1.807, 2.05) is 6.92 Å². The Morgan fingerprint density at radius 3 is 2.67 bits per heavy atom. The summed E-state index contributed by atoms with van der Waals surface area (Å²) in [7, 11) is 0. The van der Waals surface area contributed by atoms with Crippen LogP contribution in [0.2, 0.25) is 0 Å². The second-order valence-corrected chi connectivity index (χ2v) is 4.53. The molecular weight excluding hydrogens is 260 g/mol. The third-order valence-corrected chi connectivity index (χ3v) is 2.99. The summed E-state index contributed by atoms with van der Waals surface area (Å²) in [6.45, 7) is 3.55. The van der Waals surface area contributed by atoms with E-state index in [2.05, 4.69) is 15.9 Å². The Bertz CT molecular complexity index is 388. The number of phenols is 1. The van der Waals surface area contributed by atoms with Crippen LogP contribution in [0.3, 0.4) is 0 Å². The molecule has 82 valence electrons. The Kier molecular flexibility index (Phi) is 3.74. The second-order valence-electron chi connectivity index (χ2n) is 3.67. The van der Waals surface area contributed by atoms with Gasteiger partial charge in [-0.2, -0.15) is 0 Å². The molecule has 0 spiro atoms. The van der Waals surface area contributed by atoms with Crippen molar-refractivity contribution in [3.63, 3.8) is 0 Å². The highest BCUT2D eigenvalue weighted by molar-refractivity contribution is 9.10. The first-order valence-electron chi connectivity index (χ1n) is 4.62. The van der Waals surface area contributed by atoms with E-state index in [4.69, 9.17) is 5.11 Å². The predicted octanol–water partition coefficient (Wildman–Crippen LogP) is 2.73. The van der Waals surface area contributed by atoms with E-state index in [1.54, 1.807) is 19.1 Å². The van der Waals surface area contributed by atoms with Gasteiger partial charge in [0.05, 0.1) is 10.4 Å². The van der Waals surface area contributed by atoms with Crippen molar-refractivity contribution in [1.29, 1.82) is 0 Å². The fourth-order valence-electron chi connectivity index (χ4n) is 1.34. The van der Waals surface area contributed by atoms with E-state index < -0.39 is 11.9 Å². The monoisotopic (exact) mass is 272 g/mol. The van der Waals surface area contributed by atoms with Gasteiger partial charge in [0.2, 0.25) is 0 Å². The highest BCUT2D eigenvalue weighted by Gasteiger charge is 2.14. The van der Waals surface area contributed by atoms with Crippen molar-refractivity contribution in [3.8, 4) is 5.75 Å². The number of carboxylic acids is 1. The van der Waals surface area contributed by atoms with Crippen LogP contribution >= 0.6 is 15.9 Å². The smallest absolute Gasteiger partial charge is 0.306 e. The van der Waals surface area contributed by atoms with E-state index in [0.29, 0.717) is 10.9 Å². The number of halogens is 1. The van der Waals surface area contributed by atoms with E-state index in [1.165, 1.54) is 0 Å². The molecule has 0 heterocycles. The van der Waals surface area contributed by atoms with Crippen LogP contribution in [-0.4, -0.2) is 16.2 Å². The van der Waals surface area contributed by atoms with E-state index in [9.17, 15) is 9.90 Å². The minimum atomic E-state index is -0.822. The third kappa shape index (κ3) is 2.96. The number of carbonyl (C=O) groups is 1. The molecule has 1 rings (SSSR count). The van der Waals surface area contributed by atoms with Crippen molar-refractivity contribution in [2.24, 2.45) is 5.92 Å². The molecule has 0 aliphatic carbocycles. The molecule has 0 aliphatic rings. The summed E-state index contributed by atoms with van der Waals surface area (Å²) < 4.78 is 0.631. The lowest BCUT2D eigenvalue weighted by Gasteiger charge is -2.10. The molecule has 0 radical (unpaired) electrons. The van der Waals surface area contributed by atoms with Gasteiger partial charge in [0.25, 0.3) is 0 Å². The lowest BCUT2D eigenvalue weighted by molar-refractivity contribution is -0.141. The molecule has 1 unspecified atom stereocenters. The molecular formula is C11H13BrO3. The largest absolute Gasteiger partial charge is 0.507 e. The molecule has 0 bridgehead atoms. The number of hydrogen-bond acceptors (Lipinski definition) is 2. The number of rotatable bonds is 3. The van der Waals surface area contributed by atoms with E-state index in [0.717, 1.165) is 11.1 Å². The zero-order valence-corrected chi connectivity index (χ0v) is 10.2. The van der Waals surface area contributed by atoms with Crippen molar-refractivity contribution in [2.75, 3.05) is 0 Å². The summed E-state index contributed by atoms with van der Waals surface area (Å²) in [6.07, 6.45) is 0.433. The molecule has 0 fully saturated rings. The highest BCUT2D eigenvalue weighted by Crippen LogP contribution is 2.28. The molecule has 0 amide bonds. The minimum absolute atomic E-state index is 0.146. The zero-order valence-electron chi connectivity index (χ0n) is 8.62. The number of benzene rings is 1. The Morgan fingerprint density at radius 1 is 1.53 bits per heavy atom.